The van der Waals surface area contributed by atoms with Crippen molar-refractivity contribution in [3.63, 3.8) is 0 Å². The number of benzene rings is 2. The molecule has 0 aliphatic carbocycles. The maximum absolute atomic E-state index is 13.2. The molecule has 0 N–H and O–H groups in total. The first-order valence-corrected chi connectivity index (χ1v) is 11.2. The van der Waals surface area contributed by atoms with E-state index in [9.17, 15) is 4.79 Å². The van der Waals surface area contributed by atoms with Crippen molar-refractivity contribution in [3.05, 3.63) is 71.3 Å². The number of carbonyl (C=O) groups excluding carboxylic acids is 1. The minimum Gasteiger partial charge on any atom is -0.337 e. The van der Waals surface area contributed by atoms with E-state index < -0.39 is 0 Å². The molecular weight excluding hydrogens is 349 g/mol. The molecule has 0 unspecified atom stereocenters. The lowest BCUT2D eigenvalue weighted by Gasteiger charge is -2.42. The maximum Gasteiger partial charge on any atom is 0.254 e. The van der Waals surface area contributed by atoms with Crippen molar-refractivity contribution in [3.8, 4) is 0 Å². The number of amides is 1. The first-order valence-electron chi connectivity index (χ1n) is 9.65. The second kappa shape index (κ2) is 8.57. The van der Waals surface area contributed by atoms with E-state index in [1.165, 1.54) is 5.56 Å². The smallest absolute Gasteiger partial charge is 0.254 e. The van der Waals surface area contributed by atoms with Crippen LogP contribution in [0.15, 0.2) is 54.6 Å². The molecule has 1 amide bonds. The average molecular weight is 384 g/mol. The third-order valence-electron chi connectivity index (χ3n) is 4.81. The molecule has 2 nitrogen and oxygen atoms in total. The molecule has 2 aromatic rings. The van der Waals surface area contributed by atoms with Crippen LogP contribution in [-0.4, -0.2) is 28.2 Å². The number of carbonyl (C=O) groups is 1. The van der Waals surface area contributed by atoms with Gasteiger partial charge in [0.15, 0.2) is 0 Å². The summed E-state index contributed by atoms with van der Waals surface area (Å²) in [4.78, 5) is 15.0. The van der Waals surface area contributed by atoms with Gasteiger partial charge in [-0.3, -0.25) is 4.79 Å². The van der Waals surface area contributed by atoms with Gasteiger partial charge in [-0.1, -0.05) is 98.0 Å². The van der Waals surface area contributed by atoms with E-state index in [-0.39, 0.29) is 24.1 Å². The van der Waals surface area contributed by atoms with Gasteiger partial charge in [0.1, 0.15) is 0 Å². The highest BCUT2D eigenvalue weighted by atomic mass is 31.1. The van der Waals surface area contributed by atoms with Crippen molar-refractivity contribution in [2.75, 3.05) is 7.05 Å². The molecule has 0 radical (unpaired) electrons. The van der Waals surface area contributed by atoms with E-state index in [0.717, 1.165) is 17.3 Å². The van der Waals surface area contributed by atoms with E-state index in [0.29, 0.717) is 6.54 Å². The van der Waals surface area contributed by atoms with Crippen LogP contribution in [0, 0.1) is 0 Å². The van der Waals surface area contributed by atoms with Gasteiger partial charge in [0, 0.05) is 19.2 Å². The lowest BCUT2D eigenvalue weighted by molar-refractivity contribution is 0.0784. The van der Waals surface area contributed by atoms with Crippen molar-refractivity contribution in [1.82, 2.24) is 4.90 Å². The molecular formula is C24H34NOP. The minimum atomic E-state index is -0.298. The Morgan fingerprint density at radius 1 is 0.852 bits per heavy atom. The molecule has 0 spiro atoms. The number of hydrogen-bond donors (Lipinski definition) is 0. The van der Waals surface area contributed by atoms with Crippen molar-refractivity contribution in [2.45, 2.75) is 64.6 Å². The van der Waals surface area contributed by atoms with E-state index in [4.69, 9.17) is 0 Å². The van der Waals surface area contributed by atoms with Gasteiger partial charge in [-0.25, -0.2) is 0 Å². The van der Waals surface area contributed by atoms with E-state index >= 15 is 0 Å². The van der Waals surface area contributed by atoms with Gasteiger partial charge < -0.3 is 4.90 Å². The first kappa shape index (κ1) is 21.6. The Balaban J connectivity index is 2.27. The predicted molar refractivity (Wildman–Crippen MR) is 119 cm³/mol. The fourth-order valence-corrected chi connectivity index (χ4v) is 7.23. The summed E-state index contributed by atoms with van der Waals surface area (Å²) in [6.07, 6.45) is 0.976. The molecule has 0 saturated carbocycles. The van der Waals surface area contributed by atoms with Crippen LogP contribution < -0.4 is 0 Å². The Bertz CT molecular complexity index is 742. The zero-order chi connectivity index (χ0) is 20.2. The van der Waals surface area contributed by atoms with E-state index in [2.05, 4.69) is 65.8 Å². The summed E-state index contributed by atoms with van der Waals surface area (Å²) in [6, 6.07) is 18.3. The fourth-order valence-electron chi connectivity index (χ4n) is 3.65. The Hall–Kier alpha value is -1.66. The van der Waals surface area contributed by atoms with Crippen LogP contribution >= 0.6 is 7.92 Å². The lowest BCUT2D eigenvalue weighted by Crippen LogP contribution is -2.29. The van der Waals surface area contributed by atoms with Crippen molar-refractivity contribution in [1.29, 1.82) is 0 Å². The van der Waals surface area contributed by atoms with Gasteiger partial charge in [0.25, 0.3) is 5.91 Å². The highest BCUT2D eigenvalue weighted by molar-refractivity contribution is 7.60. The van der Waals surface area contributed by atoms with Gasteiger partial charge in [-0.2, -0.15) is 0 Å². The number of rotatable bonds is 5. The summed E-state index contributed by atoms with van der Waals surface area (Å²) in [6.45, 7) is 14.6. The summed E-state index contributed by atoms with van der Waals surface area (Å²) in [5.41, 5.74) is 3.17. The Morgan fingerprint density at radius 2 is 1.37 bits per heavy atom. The van der Waals surface area contributed by atoms with Gasteiger partial charge in [0.05, 0.1) is 0 Å². The largest absolute Gasteiger partial charge is 0.337 e. The third kappa shape index (κ3) is 5.91. The molecule has 0 aliphatic rings. The first-order chi connectivity index (χ1) is 12.5. The topological polar surface area (TPSA) is 20.3 Å². The summed E-state index contributed by atoms with van der Waals surface area (Å²) in [7, 11) is 1.59. The van der Waals surface area contributed by atoms with Crippen molar-refractivity contribution >= 4 is 13.8 Å². The summed E-state index contributed by atoms with van der Waals surface area (Å²) in [5, 5.41) is 0.472. The normalized spacial score (nSPS) is 12.3. The van der Waals surface area contributed by atoms with Crippen LogP contribution in [0.2, 0.25) is 0 Å². The molecule has 0 saturated heterocycles. The highest BCUT2D eigenvalue weighted by Gasteiger charge is 2.35. The van der Waals surface area contributed by atoms with Crippen LogP contribution in [0.1, 0.15) is 63.0 Å². The molecule has 0 aliphatic heterocycles. The zero-order valence-corrected chi connectivity index (χ0v) is 18.8. The van der Waals surface area contributed by atoms with Crippen molar-refractivity contribution in [2.24, 2.45) is 0 Å². The van der Waals surface area contributed by atoms with E-state index in [1.807, 2.05) is 42.3 Å². The molecule has 146 valence electrons. The van der Waals surface area contributed by atoms with Gasteiger partial charge in [-0.15, -0.1) is 0 Å². The quantitative estimate of drug-likeness (QED) is 0.537. The SMILES string of the molecule is CN(Cc1ccccc1)C(=O)c1ccccc1CP(C(C)(C)C)C(C)(C)C. The standard InChI is InChI=1S/C24H34NOP/c1-23(2,3)27(24(4,5)6)18-20-15-11-12-16-21(20)22(26)25(7)17-19-13-9-8-10-14-19/h8-16H,17-18H2,1-7H3. The molecule has 0 aromatic heterocycles. The summed E-state index contributed by atoms with van der Waals surface area (Å²) in [5.74, 6) is 0.104. The fraction of sp³-hybridized carbons (Fsp3) is 0.458. The molecule has 0 atom stereocenters. The zero-order valence-electron chi connectivity index (χ0n) is 17.9. The highest BCUT2D eigenvalue weighted by Crippen LogP contribution is 2.61. The Morgan fingerprint density at radius 3 is 1.93 bits per heavy atom. The second-order valence-corrected chi connectivity index (χ2v) is 13.1. The molecule has 2 rings (SSSR count). The van der Waals surface area contributed by atoms with Gasteiger partial charge in [0.2, 0.25) is 0 Å². The van der Waals surface area contributed by atoms with Crippen LogP contribution in [-0.2, 0) is 12.7 Å². The minimum absolute atomic E-state index is 0.104. The summed E-state index contributed by atoms with van der Waals surface area (Å²) < 4.78 is 0. The van der Waals surface area contributed by atoms with Crippen molar-refractivity contribution < 1.29 is 4.79 Å². The van der Waals surface area contributed by atoms with Gasteiger partial charge >= 0.3 is 0 Å². The Labute approximate surface area is 166 Å². The van der Waals surface area contributed by atoms with Crippen LogP contribution in [0.3, 0.4) is 0 Å². The third-order valence-corrected chi connectivity index (χ3v) is 8.70. The average Bonchev–Trinajstić information content (AvgIpc) is 2.58. The Kier molecular flexibility index (Phi) is 6.87. The predicted octanol–water partition coefficient (Wildman–Crippen LogP) is 6.54. The lowest BCUT2D eigenvalue weighted by atomic mass is 10.1. The van der Waals surface area contributed by atoms with E-state index in [1.54, 1.807) is 0 Å². The van der Waals surface area contributed by atoms with Gasteiger partial charge in [-0.05, 0) is 33.7 Å². The van der Waals surface area contributed by atoms with Crippen LogP contribution in [0.25, 0.3) is 0 Å². The molecule has 3 heteroatoms. The molecule has 27 heavy (non-hydrogen) atoms. The molecule has 0 bridgehead atoms. The monoisotopic (exact) mass is 383 g/mol. The molecule has 0 fully saturated rings. The maximum atomic E-state index is 13.2. The number of nitrogens with zero attached hydrogens (tertiary/aromatic N) is 1. The van der Waals surface area contributed by atoms with Crippen LogP contribution in [0.5, 0.6) is 0 Å². The number of hydrogen-bond acceptors (Lipinski definition) is 1. The van der Waals surface area contributed by atoms with Crippen LogP contribution in [0.4, 0.5) is 0 Å². The summed E-state index contributed by atoms with van der Waals surface area (Å²) >= 11 is 0. The molecule has 2 aromatic carbocycles. The molecule has 0 heterocycles. The second-order valence-electron chi connectivity index (χ2n) is 9.23.